The fourth-order valence-electron chi connectivity index (χ4n) is 1.93. The van der Waals surface area contributed by atoms with Gasteiger partial charge in [-0.05, 0) is 36.8 Å². The summed E-state index contributed by atoms with van der Waals surface area (Å²) in [5, 5.41) is 9.05. The highest BCUT2D eigenvalue weighted by Gasteiger charge is 2.17. The van der Waals surface area contributed by atoms with Crippen molar-refractivity contribution in [2.75, 3.05) is 0 Å². The SMILES string of the molecule is Cc1ccc(S(=O)(=O)NCc2cccn2C)cc1C(=O)O. The summed E-state index contributed by atoms with van der Waals surface area (Å²) in [5.74, 6) is -1.15. The standard InChI is InChI=1S/C14H16N2O4S/c1-10-5-6-12(8-13(10)14(17)18)21(19,20)15-9-11-4-3-7-16(11)2/h3-8,15H,9H2,1-2H3,(H,17,18). The Kier molecular flexibility index (Phi) is 4.15. The minimum Gasteiger partial charge on any atom is -0.478 e. The quantitative estimate of drug-likeness (QED) is 0.876. The van der Waals surface area contributed by atoms with Crippen LogP contribution < -0.4 is 4.72 Å². The Morgan fingerprint density at radius 1 is 1.33 bits per heavy atom. The minimum atomic E-state index is -3.75. The third-order valence-electron chi connectivity index (χ3n) is 3.24. The van der Waals surface area contributed by atoms with E-state index < -0.39 is 16.0 Å². The lowest BCUT2D eigenvalue weighted by molar-refractivity contribution is 0.0696. The van der Waals surface area contributed by atoms with E-state index in [2.05, 4.69) is 4.72 Å². The smallest absolute Gasteiger partial charge is 0.335 e. The fraction of sp³-hybridized carbons (Fsp3) is 0.214. The minimum absolute atomic E-state index is 0.0169. The third kappa shape index (κ3) is 3.32. The first-order chi connectivity index (χ1) is 9.81. The molecule has 0 spiro atoms. The molecule has 21 heavy (non-hydrogen) atoms. The second kappa shape index (κ2) is 5.71. The summed E-state index contributed by atoms with van der Waals surface area (Å²) in [5.41, 5.74) is 1.31. The van der Waals surface area contributed by atoms with Crippen LogP contribution in [-0.4, -0.2) is 24.1 Å². The van der Waals surface area contributed by atoms with E-state index in [1.54, 1.807) is 17.6 Å². The Labute approximate surface area is 123 Å². The van der Waals surface area contributed by atoms with Gasteiger partial charge >= 0.3 is 5.97 Å². The first-order valence-electron chi connectivity index (χ1n) is 6.25. The van der Waals surface area contributed by atoms with Crippen LogP contribution in [0.1, 0.15) is 21.6 Å². The largest absolute Gasteiger partial charge is 0.478 e. The van der Waals surface area contributed by atoms with E-state index in [4.69, 9.17) is 5.11 Å². The molecule has 2 N–H and O–H groups in total. The molecule has 0 bridgehead atoms. The van der Waals surface area contributed by atoms with E-state index in [-0.39, 0.29) is 17.0 Å². The molecule has 0 fully saturated rings. The number of sulfonamides is 1. The van der Waals surface area contributed by atoms with Crippen LogP contribution in [-0.2, 0) is 23.6 Å². The lowest BCUT2D eigenvalue weighted by Gasteiger charge is -2.09. The molecule has 2 rings (SSSR count). The highest BCUT2D eigenvalue weighted by molar-refractivity contribution is 7.89. The predicted octanol–water partition coefficient (Wildman–Crippen LogP) is 1.51. The zero-order valence-corrected chi connectivity index (χ0v) is 12.5. The second-order valence-corrected chi connectivity index (χ2v) is 6.48. The summed E-state index contributed by atoms with van der Waals surface area (Å²) in [4.78, 5) is 11.0. The van der Waals surface area contributed by atoms with Crippen LogP contribution in [0.15, 0.2) is 41.4 Å². The molecule has 0 aliphatic carbocycles. The van der Waals surface area contributed by atoms with Gasteiger partial charge in [0.1, 0.15) is 0 Å². The Bertz CT molecular complexity index is 778. The van der Waals surface area contributed by atoms with Gasteiger partial charge < -0.3 is 9.67 Å². The Hall–Kier alpha value is -2.12. The molecular weight excluding hydrogens is 292 g/mol. The first kappa shape index (κ1) is 15.3. The topological polar surface area (TPSA) is 88.4 Å². The van der Waals surface area contributed by atoms with Gasteiger partial charge in [0.25, 0.3) is 0 Å². The van der Waals surface area contributed by atoms with Crippen LogP contribution in [0.4, 0.5) is 0 Å². The molecule has 0 saturated carbocycles. The maximum atomic E-state index is 12.2. The molecule has 6 nitrogen and oxygen atoms in total. The van der Waals surface area contributed by atoms with Gasteiger partial charge in [0.15, 0.2) is 0 Å². The summed E-state index contributed by atoms with van der Waals surface area (Å²) in [6.45, 7) is 1.76. The number of carboxylic acids is 1. The number of aromatic nitrogens is 1. The van der Waals surface area contributed by atoms with Crippen LogP contribution in [0.2, 0.25) is 0 Å². The normalized spacial score (nSPS) is 11.5. The number of carboxylic acid groups (broad SMARTS) is 1. The summed E-state index contributed by atoms with van der Waals surface area (Å²) in [6.07, 6.45) is 1.82. The molecule has 0 unspecified atom stereocenters. The van der Waals surface area contributed by atoms with Gasteiger partial charge in [-0.2, -0.15) is 0 Å². The Balaban J connectivity index is 2.26. The lowest BCUT2D eigenvalue weighted by atomic mass is 10.1. The van der Waals surface area contributed by atoms with Gasteiger partial charge in [-0.25, -0.2) is 17.9 Å². The average molecular weight is 308 g/mol. The average Bonchev–Trinajstić information content (AvgIpc) is 2.82. The van der Waals surface area contributed by atoms with Crippen molar-refractivity contribution in [3.05, 3.63) is 53.3 Å². The van der Waals surface area contributed by atoms with Crippen molar-refractivity contribution in [2.24, 2.45) is 7.05 Å². The van der Waals surface area contributed by atoms with E-state index in [0.717, 1.165) is 5.69 Å². The Morgan fingerprint density at radius 2 is 2.05 bits per heavy atom. The van der Waals surface area contributed by atoms with Gasteiger partial charge in [-0.15, -0.1) is 0 Å². The molecule has 7 heteroatoms. The van der Waals surface area contributed by atoms with Gasteiger partial charge in [-0.1, -0.05) is 6.07 Å². The Morgan fingerprint density at radius 3 is 2.62 bits per heavy atom. The number of hydrogen-bond donors (Lipinski definition) is 2. The van der Waals surface area contributed by atoms with Crippen molar-refractivity contribution in [1.82, 2.24) is 9.29 Å². The molecular formula is C14H16N2O4S. The van der Waals surface area contributed by atoms with Crippen molar-refractivity contribution in [2.45, 2.75) is 18.4 Å². The van der Waals surface area contributed by atoms with E-state index in [9.17, 15) is 13.2 Å². The lowest BCUT2D eigenvalue weighted by Crippen LogP contribution is -2.24. The van der Waals surface area contributed by atoms with E-state index in [1.807, 2.05) is 19.3 Å². The summed E-state index contributed by atoms with van der Waals surface area (Å²) in [7, 11) is -1.94. The van der Waals surface area contributed by atoms with Gasteiger partial charge in [-0.3, -0.25) is 0 Å². The highest BCUT2D eigenvalue weighted by Crippen LogP contribution is 2.16. The maximum absolute atomic E-state index is 12.2. The number of aromatic carboxylic acids is 1. The van der Waals surface area contributed by atoms with Crippen LogP contribution in [0.5, 0.6) is 0 Å². The number of carbonyl (C=O) groups is 1. The molecule has 0 saturated heterocycles. The zero-order valence-electron chi connectivity index (χ0n) is 11.7. The van der Waals surface area contributed by atoms with E-state index in [0.29, 0.717) is 5.56 Å². The summed E-state index contributed by atoms with van der Waals surface area (Å²) < 4.78 is 28.7. The number of nitrogens with zero attached hydrogens (tertiary/aromatic N) is 1. The number of rotatable bonds is 5. The second-order valence-electron chi connectivity index (χ2n) is 4.72. The number of benzene rings is 1. The number of hydrogen-bond acceptors (Lipinski definition) is 3. The van der Waals surface area contributed by atoms with Crippen LogP contribution >= 0.6 is 0 Å². The molecule has 0 aliphatic rings. The van der Waals surface area contributed by atoms with Gasteiger partial charge in [0.2, 0.25) is 10.0 Å². The monoisotopic (exact) mass is 308 g/mol. The van der Waals surface area contributed by atoms with Gasteiger partial charge in [0, 0.05) is 18.9 Å². The van der Waals surface area contributed by atoms with E-state index in [1.165, 1.54) is 18.2 Å². The number of aryl methyl sites for hydroxylation is 2. The molecule has 0 aliphatic heterocycles. The summed E-state index contributed by atoms with van der Waals surface area (Å²) >= 11 is 0. The molecule has 1 aromatic carbocycles. The zero-order chi connectivity index (χ0) is 15.6. The molecule has 1 aromatic heterocycles. The van der Waals surface area contributed by atoms with Crippen molar-refractivity contribution >= 4 is 16.0 Å². The molecule has 0 radical (unpaired) electrons. The molecule has 0 amide bonds. The van der Waals surface area contributed by atoms with Crippen LogP contribution in [0.3, 0.4) is 0 Å². The molecule has 112 valence electrons. The van der Waals surface area contributed by atoms with Gasteiger partial charge in [0.05, 0.1) is 17.0 Å². The van der Waals surface area contributed by atoms with Crippen LogP contribution in [0.25, 0.3) is 0 Å². The molecule has 0 atom stereocenters. The van der Waals surface area contributed by atoms with E-state index >= 15 is 0 Å². The van der Waals surface area contributed by atoms with Crippen LogP contribution in [0, 0.1) is 6.92 Å². The van der Waals surface area contributed by atoms with Crippen molar-refractivity contribution < 1.29 is 18.3 Å². The predicted molar refractivity (Wildman–Crippen MR) is 77.6 cm³/mol. The van der Waals surface area contributed by atoms with Crippen molar-refractivity contribution in [1.29, 1.82) is 0 Å². The first-order valence-corrected chi connectivity index (χ1v) is 7.73. The highest BCUT2D eigenvalue weighted by atomic mass is 32.2. The maximum Gasteiger partial charge on any atom is 0.335 e. The molecule has 2 aromatic rings. The summed E-state index contributed by atoms with van der Waals surface area (Å²) in [6, 6.07) is 7.68. The van der Waals surface area contributed by atoms with Crippen molar-refractivity contribution in [3.8, 4) is 0 Å². The third-order valence-corrected chi connectivity index (χ3v) is 4.64. The molecule has 1 heterocycles. The number of nitrogens with one attached hydrogen (secondary N) is 1. The van der Waals surface area contributed by atoms with Crippen molar-refractivity contribution in [3.63, 3.8) is 0 Å². The fourth-order valence-corrected chi connectivity index (χ4v) is 2.96.